The van der Waals surface area contributed by atoms with Gasteiger partial charge in [-0.2, -0.15) is 0 Å². The third kappa shape index (κ3) is 2.56. The van der Waals surface area contributed by atoms with Gasteiger partial charge in [0.15, 0.2) is 10.8 Å². The average molecular weight is 403 g/mol. The molecule has 4 nitrogen and oxygen atoms in total. The molecule has 1 saturated heterocycles. The van der Waals surface area contributed by atoms with Crippen LogP contribution in [0.25, 0.3) is 0 Å². The van der Waals surface area contributed by atoms with Crippen molar-refractivity contribution in [3.05, 3.63) is 101 Å². The maximum absolute atomic E-state index is 13.3. The number of nitrogens with one attached hydrogen (secondary N) is 1. The molecule has 144 valence electrons. The molecule has 0 aliphatic carbocycles. The first-order chi connectivity index (χ1) is 14.1. The molecule has 1 unspecified atom stereocenters. The molecule has 0 aromatic heterocycles. The van der Waals surface area contributed by atoms with Crippen LogP contribution in [0.4, 0.5) is 10.1 Å². The minimum atomic E-state index is -0.793. The van der Waals surface area contributed by atoms with E-state index < -0.39 is 5.66 Å². The lowest BCUT2D eigenvalue weighted by Gasteiger charge is -2.41. The van der Waals surface area contributed by atoms with Gasteiger partial charge in [-0.15, -0.1) is 0 Å². The number of hydrogen-bond acceptors (Lipinski definition) is 2. The van der Waals surface area contributed by atoms with Crippen LogP contribution in [0.1, 0.15) is 21.5 Å². The Morgan fingerprint density at radius 2 is 1.62 bits per heavy atom. The van der Waals surface area contributed by atoms with Gasteiger partial charge in [-0.25, -0.2) is 4.39 Å². The first kappa shape index (κ1) is 17.8. The Balaban J connectivity index is 1.64. The van der Waals surface area contributed by atoms with Gasteiger partial charge in [-0.05, 0) is 42.5 Å². The summed E-state index contributed by atoms with van der Waals surface area (Å²) in [5.74, 6) is -0.290. The second kappa shape index (κ2) is 6.67. The summed E-state index contributed by atoms with van der Waals surface area (Å²) in [5.41, 5.74) is 2.52. The third-order valence-corrected chi connectivity index (χ3v) is 5.95. The number of fused-ring (bicyclic) bond motifs is 3. The van der Waals surface area contributed by atoms with Gasteiger partial charge in [0.05, 0.1) is 0 Å². The minimum absolute atomic E-state index is 0.0107. The van der Waals surface area contributed by atoms with Crippen molar-refractivity contribution in [2.24, 2.45) is 0 Å². The van der Waals surface area contributed by atoms with E-state index in [1.54, 1.807) is 12.1 Å². The van der Waals surface area contributed by atoms with Crippen LogP contribution in [-0.2, 0) is 5.66 Å². The van der Waals surface area contributed by atoms with Gasteiger partial charge in [0.2, 0.25) is 0 Å². The molecule has 1 N–H and O–H groups in total. The fourth-order valence-corrected chi connectivity index (χ4v) is 4.78. The minimum Gasteiger partial charge on any atom is -0.333 e. The second-order valence-corrected chi connectivity index (χ2v) is 7.52. The Labute approximate surface area is 173 Å². The summed E-state index contributed by atoms with van der Waals surface area (Å²) in [6.45, 7) is 1.16. The molecule has 0 saturated carbocycles. The Morgan fingerprint density at radius 1 is 0.931 bits per heavy atom. The SMILES string of the molecule is O=C1c2ccccc2C2(c3ccccc3)N1CCN2C(=S)Nc1ccc(F)cc1. The van der Waals surface area contributed by atoms with Crippen LogP contribution < -0.4 is 5.32 Å². The van der Waals surface area contributed by atoms with Crippen LogP contribution in [0.15, 0.2) is 78.9 Å². The van der Waals surface area contributed by atoms with Crippen molar-refractivity contribution < 1.29 is 9.18 Å². The van der Waals surface area contributed by atoms with E-state index in [4.69, 9.17) is 12.2 Å². The van der Waals surface area contributed by atoms with Gasteiger partial charge in [-0.1, -0.05) is 48.5 Å². The van der Waals surface area contributed by atoms with E-state index in [1.807, 2.05) is 59.5 Å². The lowest BCUT2D eigenvalue weighted by molar-refractivity contribution is 0.0604. The fraction of sp³-hybridized carbons (Fsp3) is 0.130. The Hall–Kier alpha value is -3.25. The van der Waals surface area contributed by atoms with E-state index in [0.717, 1.165) is 11.1 Å². The third-order valence-electron chi connectivity index (χ3n) is 5.62. The smallest absolute Gasteiger partial charge is 0.256 e. The molecule has 1 amide bonds. The van der Waals surface area contributed by atoms with Gasteiger partial charge in [0.25, 0.3) is 5.91 Å². The van der Waals surface area contributed by atoms with Crippen molar-refractivity contribution in [2.75, 3.05) is 18.4 Å². The zero-order valence-electron chi connectivity index (χ0n) is 15.5. The number of anilines is 1. The van der Waals surface area contributed by atoms with E-state index >= 15 is 0 Å². The zero-order valence-corrected chi connectivity index (χ0v) is 16.3. The summed E-state index contributed by atoms with van der Waals surface area (Å²) in [4.78, 5) is 17.2. The monoisotopic (exact) mass is 403 g/mol. The highest BCUT2D eigenvalue weighted by Gasteiger charge is 2.58. The highest BCUT2D eigenvalue weighted by Crippen LogP contribution is 2.49. The molecule has 6 heteroatoms. The lowest BCUT2D eigenvalue weighted by Crippen LogP contribution is -2.52. The van der Waals surface area contributed by atoms with Gasteiger partial charge in [-0.3, -0.25) is 4.79 Å². The van der Waals surface area contributed by atoms with Crippen molar-refractivity contribution in [3.63, 3.8) is 0 Å². The molecule has 29 heavy (non-hydrogen) atoms. The normalized spacial score (nSPS) is 19.8. The van der Waals surface area contributed by atoms with Crippen molar-refractivity contribution >= 4 is 28.9 Å². The highest BCUT2D eigenvalue weighted by atomic mass is 32.1. The van der Waals surface area contributed by atoms with E-state index in [1.165, 1.54) is 12.1 Å². The van der Waals surface area contributed by atoms with Gasteiger partial charge >= 0.3 is 0 Å². The molecule has 2 aliphatic rings. The Morgan fingerprint density at radius 3 is 2.38 bits per heavy atom. The van der Waals surface area contributed by atoms with Gasteiger partial charge in [0.1, 0.15) is 5.82 Å². The summed E-state index contributed by atoms with van der Waals surface area (Å²) in [6, 6.07) is 23.8. The molecule has 3 aromatic rings. The Bertz CT molecular complexity index is 1100. The Kier molecular flexibility index (Phi) is 4.10. The van der Waals surface area contributed by atoms with Crippen LogP contribution in [0.3, 0.4) is 0 Å². The number of hydrogen-bond donors (Lipinski definition) is 1. The molecule has 1 fully saturated rings. The summed E-state index contributed by atoms with van der Waals surface area (Å²) in [7, 11) is 0. The van der Waals surface area contributed by atoms with Gasteiger partial charge < -0.3 is 15.1 Å². The topological polar surface area (TPSA) is 35.6 Å². The molecule has 0 bridgehead atoms. The highest BCUT2D eigenvalue weighted by molar-refractivity contribution is 7.80. The standard InChI is InChI=1S/C23H18FN3OS/c24-17-10-12-18(13-11-17)25-22(29)27-15-14-26-21(28)19-8-4-5-9-20(19)23(26,27)16-6-2-1-3-7-16/h1-13H,14-15H2,(H,25,29). The van der Waals surface area contributed by atoms with Gasteiger partial charge in [0, 0.05) is 35.5 Å². The van der Waals surface area contributed by atoms with Crippen LogP contribution >= 0.6 is 12.2 Å². The van der Waals surface area contributed by atoms with E-state index in [9.17, 15) is 9.18 Å². The molecule has 0 spiro atoms. The van der Waals surface area contributed by atoms with Crippen LogP contribution in [0.2, 0.25) is 0 Å². The maximum Gasteiger partial charge on any atom is 0.256 e. The van der Waals surface area contributed by atoms with E-state index in [2.05, 4.69) is 10.2 Å². The zero-order chi connectivity index (χ0) is 20.0. The van der Waals surface area contributed by atoms with Crippen molar-refractivity contribution in [1.29, 1.82) is 0 Å². The number of carbonyl (C=O) groups excluding carboxylic acids is 1. The van der Waals surface area contributed by atoms with Crippen LogP contribution in [0.5, 0.6) is 0 Å². The first-order valence-corrected chi connectivity index (χ1v) is 9.84. The predicted molar refractivity (Wildman–Crippen MR) is 114 cm³/mol. The van der Waals surface area contributed by atoms with Crippen molar-refractivity contribution in [1.82, 2.24) is 9.80 Å². The number of thiocarbonyl (C=S) groups is 1. The number of benzene rings is 3. The quantitative estimate of drug-likeness (QED) is 0.651. The average Bonchev–Trinajstić information content (AvgIpc) is 3.27. The van der Waals surface area contributed by atoms with E-state index in [-0.39, 0.29) is 11.7 Å². The number of carbonyl (C=O) groups is 1. The number of nitrogens with zero attached hydrogens (tertiary/aromatic N) is 2. The first-order valence-electron chi connectivity index (χ1n) is 9.43. The van der Waals surface area contributed by atoms with Crippen molar-refractivity contribution in [2.45, 2.75) is 5.66 Å². The van der Waals surface area contributed by atoms with Crippen molar-refractivity contribution in [3.8, 4) is 0 Å². The summed E-state index contributed by atoms with van der Waals surface area (Å²) in [5, 5.41) is 3.71. The largest absolute Gasteiger partial charge is 0.333 e. The number of rotatable bonds is 2. The lowest BCUT2D eigenvalue weighted by atomic mass is 9.90. The predicted octanol–water partition coefficient (Wildman–Crippen LogP) is 4.20. The molecule has 3 aromatic carbocycles. The van der Waals surface area contributed by atoms with Crippen LogP contribution in [-0.4, -0.2) is 33.9 Å². The summed E-state index contributed by atoms with van der Waals surface area (Å²) in [6.07, 6.45) is 0. The summed E-state index contributed by atoms with van der Waals surface area (Å²) >= 11 is 5.78. The fourth-order valence-electron chi connectivity index (χ4n) is 4.44. The molecule has 5 rings (SSSR count). The van der Waals surface area contributed by atoms with Crippen LogP contribution in [0, 0.1) is 5.82 Å². The number of amides is 1. The molecular weight excluding hydrogens is 385 g/mol. The molecule has 0 radical (unpaired) electrons. The molecule has 2 aliphatic heterocycles. The second-order valence-electron chi connectivity index (χ2n) is 7.13. The molecule has 1 atom stereocenters. The van der Waals surface area contributed by atoms with E-state index in [0.29, 0.717) is 29.5 Å². The maximum atomic E-state index is 13.3. The molecular formula is C23H18FN3OS. The number of halogens is 1. The molecule has 2 heterocycles. The summed E-state index contributed by atoms with van der Waals surface area (Å²) < 4.78 is 13.3.